The summed E-state index contributed by atoms with van der Waals surface area (Å²) in [6.07, 6.45) is 9.17. The SMILES string of the molecule is C.C.C.C/C=C/C.C/C=C/C.CC.CC.CC.CCP.Cc1ccccc1.Cc1ccccc1.O=C(O)c1ccccc1. The number of allylic oxidation sites excluding steroid dienone is 4. The predicted molar refractivity (Wildman–Crippen MR) is 211 cm³/mol. The van der Waals surface area contributed by atoms with E-state index in [9.17, 15) is 4.79 Å². The van der Waals surface area contributed by atoms with Gasteiger partial charge in [0.15, 0.2) is 0 Å². The Morgan fingerprint density at radius 1 is 0.558 bits per heavy atom. The molecule has 0 aliphatic heterocycles. The number of hydrogen-bond donors (Lipinski definition) is 1. The largest absolute Gasteiger partial charge is 0.478 e. The molecule has 0 amide bonds. The van der Waals surface area contributed by atoms with Crippen molar-refractivity contribution in [1.29, 1.82) is 0 Å². The second-order valence-corrected chi connectivity index (χ2v) is 7.54. The van der Waals surface area contributed by atoms with E-state index in [0.29, 0.717) is 5.56 Å². The van der Waals surface area contributed by atoms with Gasteiger partial charge < -0.3 is 5.11 Å². The molecule has 1 atom stereocenters. The number of aryl methyl sites for hydroxylation is 2. The van der Waals surface area contributed by atoms with Gasteiger partial charge in [-0.05, 0) is 59.8 Å². The lowest BCUT2D eigenvalue weighted by Crippen LogP contribution is -1.93. The molecule has 252 valence electrons. The van der Waals surface area contributed by atoms with Crippen molar-refractivity contribution >= 4 is 15.2 Å². The zero-order valence-electron chi connectivity index (χ0n) is 28.1. The monoisotopic (exact) mass is 619 g/mol. The minimum atomic E-state index is -0.879. The van der Waals surface area contributed by atoms with Crippen molar-refractivity contribution in [2.75, 3.05) is 6.16 Å². The van der Waals surface area contributed by atoms with Crippen LogP contribution in [0.25, 0.3) is 0 Å². The summed E-state index contributed by atoms with van der Waals surface area (Å²) in [6.45, 7) is 26.3. The minimum Gasteiger partial charge on any atom is -0.478 e. The van der Waals surface area contributed by atoms with E-state index in [1.165, 1.54) is 17.3 Å². The molecule has 1 unspecified atom stereocenters. The number of carbonyl (C=O) groups is 1. The van der Waals surface area contributed by atoms with Gasteiger partial charge in [-0.15, -0.1) is 9.24 Å². The van der Waals surface area contributed by atoms with Gasteiger partial charge >= 0.3 is 5.97 Å². The Morgan fingerprint density at radius 3 is 0.837 bits per heavy atom. The molecule has 0 radical (unpaired) electrons. The highest BCUT2D eigenvalue weighted by molar-refractivity contribution is 7.16. The van der Waals surface area contributed by atoms with Crippen LogP contribution in [-0.2, 0) is 0 Å². The van der Waals surface area contributed by atoms with Crippen molar-refractivity contribution < 1.29 is 9.90 Å². The molecule has 0 heterocycles. The maximum atomic E-state index is 10.2. The van der Waals surface area contributed by atoms with Gasteiger partial charge in [0, 0.05) is 0 Å². The van der Waals surface area contributed by atoms with E-state index < -0.39 is 5.97 Å². The van der Waals surface area contributed by atoms with E-state index >= 15 is 0 Å². The van der Waals surface area contributed by atoms with E-state index in [1.54, 1.807) is 30.3 Å². The van der Waals surface area contributed by atoms with Crippen LogP contribution in [0.1, 0.15) is 120 Å². The van der Waals surface area contributed by atoms with Crippen LogP contribution in [0.2, 0.25) is 0 Å². The number of carboxylic acid groups (broad SMARTS) is 1. The molecule has 0 bridgehead atoms. The summed E-state index contributed by atoms with van der Waals surface area (Å²) in [7, 11) is 2.58. The average molecular weight is 619 g/mol. The molecule has 0 saturated heterocycles. The summed E-state index contributed by atoms with van der Waals surface area (Å²) < 4.78 is 0. The van der Waals surface area contributed by atoms with Crippen molar-refractivity contribution in [2.24, 2.45) is 0 Å². The molecule has 0 aliphatic carbocycles. The lowest BCUT2D eigenvalue weighted by atomic mass is 10.2. The average Bonchev–Trinajstić information content (AvgIpc) is 3.02. The van der Waals surface area contributed by atoms with E-state index in [1.807, 2.05) is 130 Å². The standard InChI is InChI=1S/C7H6O2.2C7H8.2C4H8.C2H7P.3C2H6.3CH4/c8-7(9)6-4-2-1-3-5-6;2*1-7-5-3-2-4-6-7;2*1-3-4-2;1-2-3;3*1-2;;;/h1-5H,(H,8,9);2*2-6H,1H3;2*3-4H,1-2H3;2-3H2,1H3;3*1-2H3;3*1H4/b;;;2*4-3+;;;;;;;. The summed E-state index contributed by atoms with van der Waals surface area (Å²) >= 11 is 0. The second kappa shape index (κ2) is 67.0. The highest BCUT2D eigenvalue weighted by atomic mass is 31.0. The fourth-order valence-electron chi connectivity index (χ4n) is 1.65. The van der Waals surface area contributed by atoms with Crippen LogP contribution in [0.3, 0.4) is 0 Å². The fourth-order valence-corrected chi connectivity index (χ4v) is 1.65. The number of benzene rings is 3. The van der Waals surface area contributed by atoms with E-state index in [0.717, 1.165) is 0 Å². The second-order valence-electron chi connectivity index (χ2n) is 6.72. The van der Waals surface area contributed by atoms with Crippen molar-refractivity contribution in [3.8, 4) is 0 Å². The van der Waals surface area contributed by atoms with Crippen LogP contribution in [-0.4, -0.2) is 17.2 Å². The number of carboxylic acids is 1. The summed E-state index contributed by atoms with van der Waals surface area (Å²) in [6, 6.07) is 28.8. The minimum absolute atomic E-state index is 0. The molecule has 3 heteroatoms. The zero-order valence-corrected chi connectivity index (χ0v) is 29.3. The van der Waals surface area contributed by atoms with Crippen molar-refractivity contribution in [3.05, 3.63) is 132 Å². The van der Waals surface area contributed by atoms with Crippen LogP contribution in [0.4, 0.5) is 0 Å². The summed E-state index contributed by atoms with van der Waals surface area (Å²) in [5, 5.41) is 8.38. The quantitative estimate of drug-likeness (QED) is 0.218. The first-order valence-corrected chi connectivity index (χ1v) is 15.3. The third-order valence-corrected chi connectivity index (χ3v) is 3.57. The Hall–Kier alpha value is -2.96. The molecule has 3 aromatic carbocycles. The van der Waals surface area contributed by atoms with Crippen LogP contribution < -0.4 is 0 Å². The lowest BCUT2D eigenvalue weighted by Gasteiger charge is -1.88. The molecular formula is C40H75O2P. The van der Waals surface area contributed by atoms with Gasteiger partial charge in [-0.2, -0.15) is 0 Å². The van der Waals surface area contributed by atoms with Gasteiger partial charge in [0.05, 0.1) is 5.56 Å². The Balaban J connectivity index is -0.0000000452. The van der Waals surface area contributed by atoms with Gasteiger partial charge in [0.1, 0.15) is 0 Å². The lowest BCUT2D eigenvalue weighted by molar-refractivity contribution is 0.0697. The summed E-state index contributed by atoms with van der Waals surface area (Å²) in [5.74, 6) is -0.879. The van der Waals surface area contributed by atoms with Crippen molar-refractivity contribution in [3.63, 3.8) is 0 Å². The topological polar surface area (TPSA) is 37.3 Å². The number of aromatic carboxylic acids is 1. The molecule has 0 saturated carbocycles. The molecule has 0 spiro atoms. The Labute approximate surface area is 275 Å². The first-order chi connectivity index (χ1) is 19.3. The van der Waals surface area contributed by atoms with Gasteiger partial charge in [-0.25, -0.2) is 4.79 Å². The van der Waals surface area contributed by atoms with Crippen LogP contribution >= 0.6 is 9.24 Å². The third kappa shape index (κ3) is 73.3. The molecule has 0 aliphatic rings. The molecule has 3 rings (SSSR count). The fraction of sp³-hybridized carbons (Fsp3) is 0.425. The Bertz CT molecular complexity index is 773. The van der Waals surface area contributed by atoms with Gasteiger partial charge in [-0.1, -0.05) is 185 Å². The van der Waals surface area contributed by atoms with Crippen LogP contribution in [0, 0.1) is 13.8 Å². The Morgan fingerprint density at radius 2 is 0.744 bits per heavy atom. The smallest absolute Gasteiger partial charge is 0.335 e. The first kappa shape index (κ1) is 63.3. The normalized spacial score (nSPS) is 7.30. The summed E-state index contributed by atoms with van der Waals surface area (Å²) in [5.41, 5.74) is 2.97. The molecule has 43 heavy (non-hydrogen) atoms. The van der Waals surface area contributed by atoms with Gasteiger partial charge in [0.25, 0.3) is 0 Å². The third-order valence-electron chi connectivity index (χ3n) is 3.57. The van der Waals surface area contributed by atoms with Gasteiger partial charge in [0.2, 0.25) is 0 Å². The first-order valence-electron chi connectivity index (χ1n) is 14.5. The van der Waals surface area contributed by atoms with E-state index in [-0.39, 0.29) is 22.3 Å². The molecule has 1 N–H and O–H groups in total. The van der Waals surface area contributed by atoms with Crippen LogP contribution in [0.5, 0.6) is 0 Å². The molecule has 3 aromatic rings. The van der Waals surface area contributed by atoms with E-state index in [2.05, 4.69) is 54.3 Å². The Kier molecular flexibility index (Phi) is 98.7. The maximum absolute atomic E-state index is 10.2. The van der Waals surface area contributed by atoms with Gasteiger partial charge in [-0.3, -0.25) is 0 Å². The van der Waals surface area contributed by atoms with Crippen LogP contribution in [0.15, 0.2) is 115 Å². The molecule has 0 aromatic heterocycles. The zero-order chi connectivity index (χ0) is 32.5. The maximum Gasteiger partial charge on any atom is 0.335 e. The highest BCUT2D eigenvalue weighted by Crippen LogP contribution is 1.96. The molecule has 0 fully saturated rings. The number of rotatable bonds is 1. The highest BCUT2D eigenvalue weighted by Gasteiger charge is 1.96. The molecular weight excluding hydrogens is 543 g/mol. The predicted octanol–water partition coefficient (Wildman–Crippen LogP) is 14.4. The number of hydrogen-bond acceptors (Lipinski definition) is 1. The van der Waals surface area contributed by atoms with Crippen molar-refractivity contribution in [1.82, 2.24) is 0 Å². The van der Waals surface area contributed by atoms with E-state index in [4.69, 9.17) is 5.11 Å². The van der Waals surface area contributed by atoms with Crippen molar-refractivity contribution in [2.45, 2.75) is 112 Å². The summed E-state index contributed by atoms with van der Waals surface area (Å²) in [4.78, 5) is 10.2. The molecule has 2 nitrogen and oxygen atoms in total.